The van der Waals surface area contributed by atoms with E-state index in [9.17, 15) is 4.79 Å². The van der Waals surface area contributed by atoms with Crippen molar-refractivity contribution in [2.24, 2.45) is 0 Å². The summed E-state index contributed by atoms with van der Waals surface area (Å²) in [4.78, 5) is 14.3. The molecule has 1 amide bonds. The highest BCUT2D eigenvalue weighted by Gasteiger charge is 2.22. The van der Waals surface area contributed by atoms with Crippen LogP contribution in [0.2, 0.25) is 5.02 Å². The lowest BCUT2D eigenvalue weighted by Gasteiger charge is -2.35. The van der Waals surface area contributed by atoms with Gasteiger partial charge in [0.15, 0.2) is 0 Å². The Bertz CT molecular complexity index is 482. The number of hydrogen-bond acceptors (Lipinski definition) is 3. The summed E-state index contributed by atoms with van der Waals surface area (Å²) in [5.41, 5.74) is 1.70. The van der Waals surface area contributed by atoms with E-state index in [0.717, 1.165) is 24.3 Å². The molecule has 1 aliphatic heterocycles. The molecule has 1 heterocycles. The maximum absolute atomic E-state index is 12.1. The minimum atomic E-state index is 0.0108. The van der Waals surface area contributed by atoms with Crippen LogP contribution in [0, 0.1) is 6.92 Å². The fourth-order valence-corrected chi connectivity index (χ4v) is 2.88. The molecule has 1 aromatic carbocycles. The largest absolute Gasteiger partial charge is 0.325 e. The van der Waals surface area contributed by atoms with Crippen LogP contribution < -0.4 is 10.6 Å². The number of carbonyl (C=O) groups is 1. The molecule has 2 atom stereocenters. The first kappa shape index (κ1) is 15.3. The topological polar surface area (TPSA) is 44.4 Å². The quantitative estimate of drug-likeness (QED) is 0.899. The highest BCUT2D eigenvalue weighted by molar-refractivity contribution is 6.31. The Morgan fingerprint density at radius 3 is 2.70 bits per heavy atom. The Balaban J connectivity index is 1.94. The molecule has 0 radical (unpaired) electrons. The number of rotatable bonds is 3. The summed E-state index contributed by atoms with van der Waals surface area (Å²) in [5, 5.41) is 7.07. The predicted molar refractivity (Wildman–Crippen MR) is 83.3 cm³/mol. The van der Waals surface area contributed by atoms with E-state index in [2.05, 4.69) is 29.4 Å². The van der Waals surface area contributed by atoms with Gasteiger partial charge in [-0.1, -0.05) is 17.7 Å². The molecule has 2 N–H and O–H groups in total. The van der Waals surface area contributed by atoms with Gasteiger partial charge in [-0.15, -0.1) is 0 Å². The number of anilines is 1. The molecule has 1 aromatic rings. The first-order valence-electron chi connectivity index (χ1n) is 6.99. The van der Waals surface area contributed by atoms with Crippen LogP contribution in [0.3, 0.4) is 0 Å². The van der Waals surface area contributed by atoms with Gasteiger partial charge in [0.1, 0.15) is 0 Å². The van der Waals surface area contributed by atoms with Gasteiger partial charge < -0.3 is 10.6 Å². The molecule has 0 bridgehead atoms. The van der Waals surface area contributed by atoms with Crippen LogP contribution in [-0.2, 0) is 4.79 Å². The first-order chi connectivity index (χ1) is 9.45. The van der Waals surface area contributed by atoms with E-state index in [1.54, 1.807) is 0 Å². The number of carbonyl (C=O) groups excluding carboxylic acids is 1. The lowest BCUT2D eigenvalue weighted by atomic mass is 10.1. The van der Waals surface area contributed by atoms with E-state index >= 15 is 0 Å². The van der Waals surface area contributed by atoms with Crippen LogP contribution in [0.4, 0.5) is 5.69 Å². The van der Waals surface area contributed by atoms with Gasteiger partial charge >= 0.3 is 0 Å². The molecule has 0 aliphatic carbocycles. The second-order valence-electron chi connectivity index (χ2n) is 5.62. The molecule has 4 nitrogen and oxygen atoms in total. The number of benzene rings is 1. The second kappa shape index (κ2) is 6.57. The summed E-state index contributed by atoms with van der Waals surface area (Å²) < 4.78 is 0. The maximum Gasteiger partial charge on any atom is 0.238 e. The van der Waals surface area contributed by atoms with Crippen molar-refractivity contribution in [3.63, 3.8) is 0 Å². The number of piperazine rings is 1. The van der Waals surface area contributed by atoms with Crippen LogP contribution in [0.15, 0.2) is 18.2 Å². The summed E-state index contributed by atoms with van der Waals surface area (Å²) in [5.74, 6) is 0.0108. The molecule has 20 heavy (non-hydrogen) atoms. The number of amides is 1. The molecule has 1 aliphatic rings. The van der Waals surface area contributed by atoms with Crippen LogP contribution >= 0.6 is 11.6 Å². The van der Waals surface area contributed by atoms with E-state index in [1.165, 1.54) is 0 Å². The molecule has 110 valence electrons. The maximum atomic E-state index is 12.1. The van der Waals surface area contributed by atoms with E-state index in [1.807, 2.05) is 25.1 Å². The first-order valence-corrected chi connectivity index (χ1v) is 7.37. The van der Waals surface area contributed by atoms with E-state index in [4.69, 9.17) is 11.6 Å². The molecule has 0 saturated carbocycles. The fraction of sp³-hybridized carbons (Fsp3) is 0.533. The Morgan fingerprint density at radius 2 is 2.05 bits per heavy atom. The van der Waals surface area contributed by atoms with Crippen LogP contribution in [0.25, 0.3) is 0 Å². The second-order valence-corrected chi connectivity index (χ2v) is 6.03. The summed E-state index contributed by atoms with van der Waals surface area (Å²) in [6, 6.07) is 6.38. The van der Waals surface area contributed by atoms with E-state index in [0.29, 0.717) is 23.7 Å². The monoisotopic (exact) mass is 295 g/mol. The van der Waals surface area contributed by atoms with E-state index in [-0.39, 0.29) is 5.91 Å². The zero-order valence-corrected chi connectivity index (χ0v) is 13.0. The lowest BCUT2D eigenvalue weighted by molar-refractivity contribution is -0.117. The van der Waals surface area contributed by atoms with Crippen molar-refractivity contribution in [2.75, 3.05) is 25.0 Å². The Hall–Kier alpha value is -1.10. The van der Waals surface area contributed by atoms with Gasteiger partial charge in [-0.3, -0.25) is 9.69 Å². The smallest absolute Gasteiger partial charge is 0.238 e. The van der Waals surface area contributed by atoms with Crippen LogP contribution in [0.1, 0.15) is 19.4 Å². The van der Waals surface area contributed by atoms with Gasteiger partial charge in [0.25, 0.3) is 0 Å². The normalized spacial score (nSPS) is 23.6. The van der Waals surface area contributed by atoms with Gasteiger partial charge in [0, 0.05) is 35.9 Å². The summed E-state index contributed by atoms with van der Waals surface area (Å²) >= 11 is 6.06. The SMILES string of the molecule is Cc1c(Cl)cccc1NC(=O)CN1CC(C)NC(C)C1. The van der Waals surface area contributed by atoms with Crippen molar-refractivity contribution in [3.05, 3.63) is 28.8 Å². The molecule has 2 rings (SSSR count). The molecular weight excluding hydrogens is 274 g/mol. The highest BCUT2D eigenvalue weighted by atomic mass is 35.5. The lowest BCUT2D eigenvalue weighted by Crippen LogP contribution is -2.55. The van der Waals surface area contributed by atoms with Crippen LogP contribution in [-0.4, -0.2) is 42.5 Å². The van der Waals surface area contributed by atoms with Gasteiger partial charge in [0.05, 0.1) is 6.54 Å². The van der Waals surface area contributed by atoms with Gasteiger partial charge in [-0.05, 0) is 38.5 Å². The van der Waals surface area contributed by atoms with Crippen molar-refractivity contribution in [2.45, 2.75) is 32.9 Å². The van der Waals surface area contributed by atoms with Crippen molar-refractivity contribution in [1.29, 1.82) is 0 Å². The van der Waals surface area contributed by atoms with Crippen molar-refractivity contribution < 1.29 is 4.79 Å². The fourth-order valence-electron chi connectivity index (χ4n) is 2.71. The minimum Gasteiger partial charge on any atom is -0.325 e. The Kier molecular flexibility index (Phi) is 5.02. The third kappa shape index (κ3) is 3.95. The van der Waals surface area contributed by atoms with Gasteiger partial charge in [-0.25, -0.2) is 0 Å². The standard InChI is InChI=1S/C15H22ClN3O/c1-10-7-19(8-11(2)17-10)9-15(20)18-14-6-4-5-13(16)12(14)3/h4-6,10-11,17H,7-9H2,1-3H3,(H,18,20). The highest BCUT2D eigenvalue weighted by Crippen LogP contribution is 2.22. The molecule has 0 spiro atoms. The van der Waals surface area contributed by atoms with Crippen molar-refractivity contribution in [3.8, 4) is 0 Å². The van der Waals surface area contributed by atoms with Crippen molar-refractivity contribution in [1.82, 2.24) is 10.2 Å². The molecular formula is C15H22ClN3O. The average Bonchev–Trinajstić information content (AvgIpc) is 2.33. The molecule has 5 heteroatoms. The van der Waals surface area contributed by atoms with Crippen LogP contribution in [0.5, 0.6) is 0 Å². The third-order valence-electron chi connectivity index (χ3n) is 3.54. The minimum absolute atomic E-state index is 0.0108. The zero-order valence-electron chi connectivity index (χ0n) is 12.2. The van der Waals surface area contributed by atoms with Gasteiger partial charge in [0.2, 0.25) is 5.91 Å². The number of nitrogens with one attached hydrogen (secondary N) is 2. The Morgan fingerprint density at radius 1 is 1.40 bits per heavy atom. The average molecular weight is 296 g/mol. The summed E-state index contributed by atoms with van der Waals surface area (Å²) in [7, 11) is 0. The molecule has 1 saturated heterocycles. The summed E-state index contributed by atoms with van der Waals surface area (Å²) in [6.07, 6.45) is 0. The Labute approximate surface area is 125 Å². The molecule has 2 unspecified atom stereocenters. The number of halogens is 1. The molecule has 1 fully saturated rings. The molecule has 0 aromatic heterocycles. The third-order valence-corrected chi connectivity index (χ3v) is 3.95. The van der Waals surface area contributed by atoms with E-state index < -0.39 is 0 Å². The zero-order chi connectivity index (χ0) is 14.7. The predicted octanol–water partition coefficient (Wildman–Crippen LogP) is 2.27. The summed E-state index contributed by atoms with van der Waals surface area (Å²) in [6.45, 7) is 8.40. The van der Waals surface area contributed by atoms with Gasteiger partial charge in [-0.2, -0.15) is 0 Å². The number of hydrogen-bond donors (Lipinski definition) is 2. The van der Waals surface area contributed by atoms with Crippen molar-refractivity contribution >= 4 is 23.2 Å². The number of nitrogens with zero attached hydrogens (tertiary/aromatic N) is 1.